The van der Waals surface area contributed by atoms with Gasteiger partial charge < -0.3 is 0 Å². The molecule has 0 aliphatic heterocycles. The van der Waals surface area contributed by atoms with Crippen molar-refractivity contribution in [2.75, 3.05) is 0 Å². The number of rotatable bonds is 0. The van der Waals surface area contributed by atoms with Crippen LogP contribution in [0.3, 0.4) is 0 Å². The van der Waals surface area contributed by atoms with Crippen molar-refractivity contribution in [3.63, 3.8) is 0 Å². The molecule has 2 aliphatic rings. The van der Waals surface area contributed by atoms with Crippen molar-refractivity contribution < 1.29 is 0 Å². The van der Waals surface area contributed by atoms with E-state index in [1.165, 1.54) is 44.1 Å². The van der Waals surface area contributed by atoms with Gasteiger partial charge in [-0.2, -0.15) is 0 Å². The molecule has 0 saturated heterocycles. The van der Waals surface area contributed by atoms with Crippen molar-refractivity contribution in [2.24, 2.45) is 0 Å². The molecule has 0 aromatic heterocycles. The standard InChI is InChI=1S/C16H22/c1-12-7-6-8-14-15(12)13(2)11-16(14)9-4-3-5-10-16/h6-8,13H,3-5,9-11H2,1-2H3. The van der Waals surface area contributed by atoms with E-state index in [-0.39, 0.29) is 0 Å². The van der Waals surface area contributed by atoms with E-state index in [1.807, 2.05) is 0 Å². The number of aryl methyl sites for hydroxylation is 1. The van der Waals surface area contributed by atoms with Crippen molar-refractivity contribution in [3.05, 3.63) is 34.9 Å². The van der Waals surface area contributed by atoms with Crippen molar-refractivity contribution in [2.45, 2.75) is 63.7 Å². The van der Waals surface area contributed by atoms with E-state index in [0.29, 0.717) is 5.41 Å². The summed E-state index contributed by atoms with van der Waals surface area (Å²) in [6.45, 7) is 4.71. The van der Waals surface area contributed by atoms with Gasteiger partial charge in [-0.05, 0) is 54.2 Å². The van der Waals surface area contributed by atoms with Gasteiger partial charge in [0.15, 0.2) is 0 Å². The van der Waals surface area contributed by atoms with Crippen LogP contribution in [0.2, 0.25) is 0 Å². The number of benzene rings is 1. The largest absolute Gasteiger partial charge is 0.0617 e. The van der Waals surface area contributed by atoms with Gasteiger partial charge in [-0.1, -0.05) is 44.4 Å². The maximum atomic E-state index is 2.43. The maximum Gasteiger partial charge on any atom is -0.00383 e. The van der Waals surface area contributed by atoms with Gasteiger partial charge in [0, 0.05) is 0 Å². The molecule has 1 atom stereocenters. The second kappa shape index (κ2) is 3.61. The molecular formula is C16H22. The molecular weight excluding hydrogens is 192 g/mol. The molecule has 0 heteroatoms. The van der Waals surface area contributed by atoms with Gasteiger partial charge in [0.1, 0.15) is 0 Å². The van der Waals surface area contributed by atoms with Gasteiger partial charge in [0.25, 0.3) is 0 Å². The quantitative estimate of drug-likeness (QED) is 0.587. The second-order valence-corrected chi connectivity index (χ2v) is 5.98. The Morgan fingerprint density at radius 1 is 1.12 bits per heavy atom. The van der Waals surface area contributed by atoms with E-state index in [2.05, 4.69) is 32.0 Å². The SMILES string of the molecule is Cc1cccc2c1C(C)CC21CCCCC1. The van der Waals surface area contributed by atoms with Crippen LogP contribution in [0.15, 0.2) is 18.2 Å². The molecule has 1 fully saturated rings. The highest BCUT2D eigenvalue weighted by molar-refractivity contribution is 5.46. The topological polar surface area (TPSA) is 0 Å². The van der Waals surface area contributed by atoms with Crippen LogP contribution in [0.4, 0.5) is 0 Å². The van der Waals surface area contributed by atoms with Gasteiger partial charge in [-0.3, -0.25) is 0 Å². The molecule has 3 rings (SSSR count). The van der Waals surface area contributed by atoms with Gasteiger partial charge in [-0.25, -0.2) is 0 Å². The lowest BCUT2D eigenvalue weighted by Crippen LogP contribution is -2.26. The summed E-state index contributed by atoms with van der Waals surface area (Å²) in [4.78, 5) is 0. The Morgan fingerprint density at radius 3 is 2.62 bits per heavy atom. The Kier molecular flexibility index (Phi) is 2.34. The minimum absolute atomic E-state index is 0.568. The molecule has 0 N–H and O–H groups in total. The van der Waals surface area contributed by atoms with Crippen molar-refractivity contribution >= 4 is 0 Å². The molecule has 1 saturated carbocycles. The molecule has 0 radical (unpaired) electrons. The fraction of sp³-hybridized carbons (Fsp3) is 0.625. The van der Waals surface area contributed by atoms with Gasteiger partial charge in [0.2, 0.25) is 0 Å². The first-order valence-corrected chi connectivity index (χ1v) is 6.83. The van der Waals surface area contributed by atoms with Crippen LogP contribution < -0.4 is 0 Å². The third-order valence-electron chi connectivity index (χ3n) is 4.90. The molecule has 86 valence electrons. The van der Waals surface area contributed by atoms with E-state index in [4.69, 9.17) is 0 Å². The third kappa shape index (κ3) is 1.35. The van der Waals surface area contributed by atoms with Gasteiger partial charge in [0.05, 0.1) is 0 Å². The van der Waals surface area contributed by atoms with Gasteiger partial charge in [-0.15, -0.1) is 0 Å². The molecule has 2 aliphatic carbocycles. The highest BCUT2D eigenvalue weighted by atomic mass is 14.5. The van der Waals surface area contributed by atoms with Crippen LogP contribution in [-0.2, 0) is 5.41 Å². The predicted molar refractivity (Wildman–Crippen MR) is 69.0 cm³/mol. The summed E-state index contributed by atoms with van der Waals surface area (Å²) in [5.74, 6) is 0.786. The fourth-order valence-electron chi connectivity index (χ4n) is 4.30. The Balaban J connectivity index is 2.11. The average molecular weight is 214 g/mol. The Hall–Kier alpha value is -0.780. The van der Waals surface area contributed by atoms with Crippen LogP contribution >= 0.6 is 0 Å². The van der Waals surface area contributed by atoms with Gasteiger partial charge >= 0.3 is 0 Å². The first-order chi connectivity index (χ1) is 7.73. The number of fused-ring (bicyclic) bond motifs is 2. The highest BCUT2D eigenvalue weighted by Gasteiger charge is 2.42. The molecule has 0 bridgehead atoms. The van der Waals surface area contributed by atoms with Crippen LogP contribution in [0.1, 0.15) is 68.1 Å². The monoisotopic (exact) mass is 214 g/mol. The normalized spacial score (nSPS) is 27.0. The minimum atomic E-state index is 0.568. The molecule has 0 nitrogen and oxygen atoms in total. The summed E-state index contributed by atoms with van der Waals surface area (Å²) in [6.07, 6.45) is 8.63. The number of hydrogen-bond donors (Lipinski definition) is 0. The summed E-state index contributed by atoms with van der Waals surface area (Å²) in [7, 11) is 0. The fourth-order valence-corrected chi connectivity index (χ4v) is 4.30. The Morgan fingerprint density at radius 2 is 1.88 bits per heavy atom. The predicted octanol–water partition coefficient (Wildman–Crippen LogP) is 4.70. The highest BCUT2D eigenvalue weighted by Crippen LogP contribution is 2.53. The lowest BCUT2D eigenvalue weighted by molar-refractivity contribution is 0.282. The zero-order valence-electron chi connectivity index (χ0n) is 10.6. The van der Waals surface area contributed by atoms with E-state index in [1.54, 1.807) is 11.1 Å². The molecule has 0 amide bonds. The lowest BCUT2D eigenvalue weighted by Gasteiger charge is -2.34. The molecule has 1 aromatic carbocycles. The zero-order valence-corrected chi connectivity index (χ0v) is 10.6. The average Bonchev–Trinajstić information content (AvgIpc) is 2.55. The molecule has 0 heterocycles. The Labute approximate surface area is 99.1 Å². The van der Waals surface area contributed by atoms with E-state index in [0.717, 1.165) is 5.92 Å². The maximum absolute atomic E-state index is 2.43. The van der Waals surface area contributed by atoms with Crippen molar-refractivity contribution in [1.82, 2.24) is 0 Å². The van der Waals surface area contributed by atoms with Crippen LogP contribution in [0.5, 0.6) is 0 Å². The van der Waals surface area contributed by atoms with Crippen LogP contribution in [0.25, 0.3) is 0 Å². The van der Waals surface area contributed by atoms with Crippen LogP contribution in [-0.4, -0.2) is 0 Å². The summed E-state index contributed by atoms with van der Waals surface area (Å²) in [5.41, 5.74) is 5.48. The molecule has 16 heavy (non-hydrogen) atoms. The summed E-state index contributed by atoms with van der Waals surface area (Å²) in [5, 5.41) is 0. The molecule has 1 unspecified atom stereocenters. The van der Waals surface area contributed by atoms with E-state index in [9.17, 15) is 0 Å². The molecule has 1 aromatic rings. The summed E-state index contributed by atoms with van der Waals surface area (Å²) in [6, 6.07) is 6.97. The minimum Gasteiger partial charge on any atom is -0.0617 e. The van der Waals surface area contributed by atoms with Crippen molar-refractivity contribution in [3.8, 4) is 0 Å². The van der Waals surface area contributed by atoms with Crippen LogP contribution in [0, 0.1) is 6.92 Å². The van der Waals surface area contributed by atoms with E-state index < -0.39 is 0 Å². The second-order valence-electron chi connectivity index (χ2n) is 5.98. The first kappa shape index (κ1) is 10.4. The lowest BCUT2D eigenvalue weighted by atomic mass is 9.70. The van der Waals surface area contributed by atoms with E-state index >= 15 is 0 Å². The number of hydrogen-bond acceptors (Lipinski definition) is 0. The third-order valence-corrected chi connectivity index (χ3v) is 4.90. The Bertz CT molecular complexity index is 396. The smallest absolute Gasteiger partial charge is 0.00383 e. The zero-order chi connectivity index (χ0) is 11.2. The summed E-state index contributed by atoms with van der Waals surface area (Å²) < 4.78 is 0. The molecule has 1 spiro atoms. The summed E-state index contributed by atoms with van der Waals surface area (Å²) >= 11 is 0. The first-order valence-electron chi connectivity index (χ1n) is 6.83. The van der Waals surface area contributed by atoms with Crippen molar-refractivity contribution in [1.29, 1.82) is 0 Å².